The van der Waals surface area contributed by atoms with Crippen molar-refractivity contribution < 1.29 is 32.2 Å². The summed E-state index contributed by atoms with van der Waals surface area (Å²) in [5.74, 6) is 0.303. The number of piperazine rings is 1. The molecule has 0 aliphatic carbocycles. The third-order valence-electron chi connectivity index (χ3n) is 6.70. The van der Waals surface area contributed by atoms with E-state index in [0.29, 0.717) is 44.2 Å². The maximum Gasteiger partial charge on any atom is 0.433 e. The Morgan fingerprint density at radius 3 is 2.44 bits per heavy atom. The molecular weight excluding hydrogens is 541 g/mol. The molecule has 13 heteroatoms. The van der Waals surface area contributed by atoms with Crippen molar-refractivity contribution >= 4 is 11.9 Å². The number of carbonyl (C=O) groups is 1. The Hall–Kier alpha value is -3.03. The molecule has 1 N–H and O–H groups in total. The Kier molecular flexibility index (Phi) is 9.39. The summed E-state index contributed by atoms with van der Waals surface area (Å²) in [5.41, 5.74) is -0.862. The molecule has 0 spiro atoms. The van der Waals surface area contributed by atoms with Crippen molar-refractivity contribution in [3.05, 3.63) is 29.6 Å². The molecule has 0 saturated carbocycles. The quantitative estimate of drug-likeness (QED) is 0.411. The maximum atomic E-state index is 13.7. The number of amides is 1. The van der Waals surface area contributed by atoms with Crippen molar-refractivity contribution in [2.24, 2.45) is 5.92 Å². The number of halogens is 3. The Labute approximate surface area is 238 Å². The molecule has 2 saturated heterocycles. The molecule has 2 unspecified atom stereocenters. The highest BCUT2D eigenvalue weighted by atomic mass is 19.4. The Balaban J connectivity index is 1.33. The third-order valence-corrected chi connectivity index (χ3v) is 6.70. The van der Waals surface area contributed by atoms with E-state index in [1.54, 1.807) is 11.0 Å². The van der Waals surface area contributed by atoms with Gasteiger partial charge in [-0.2, -0.15) is 13.2 Å². The van der Waals surface area contributed by atoms with Crippen LogP contribution in [0.15, 0.2) is 18.3 Å². The minimum Gasteiger partial charge on any atom is -0.468 e. The first-order valence-electron chi connectivity index (χ1n) is 13.9. The average molecular weight is 581 g/mol. The molecule has 41 heavy (non-hydrogen) atoms. The molecule has 10 nitrogen and oxygen atoms in total. The standard InChI is InChI=1S/C28H39F3N6O4/c1-17(2)9-10-32-26-34-22(18(3)23(35-26)28(29,30)31)19-7-8-20(33-15-19)39-16-21(38)36-11-13-37(14-12-36)24-25(40-24)41-27(4,5)6/h7-8,15,17,24-25H,9-14,16H2,1-6H3,(H,32,34,35). The fourth-order valence-electron chi connectivity index (χ4n) is 4.47. The zero-order chi connectivity index (χ0) is 29.9. The van der Waals surface area contributed by atoms with E-state index in [1.807, 2.05) is 34.6 Å². The molecule has 2 fully saturated rings. The number of epoxide rings is 1. The predicted molar refractivity (Wildman–Crippen MR) is 146 cm³/mol. The normalized spacial score (nSPS) is 19.9. The van der Waals surface area contributed by atoms with Crippen LogP contribution >= 0.6 is 0 Å². The second-order valence-corrected chi connectivity index (χ2v) is 11.7. The molecule has 0 radical (unpaired) electrons. The Bertz CT molecular complexity index is 1200. The number of carbonyl (C=O) groups excluding carboxylic acids is 1. The van der Waals surface area contributed by atoms with Gasteiger partial charge in [0, 0.05) is 56.1 Å². The van der Waals surface area contributed by atoms with Crippen LogP contribution in [0.5, 0.6) is 5.88 Å². The zero-order valence-electron chi connectivity index (χ0n) is 24.4. The number of anilines is 1. The van der Waals surface area contributed by atoms with Crippen molar-refractivity contribution in [2.75, 3.05) is 44.6 Å². The van der Waals surface area contributed by atoms with Gasteiger partial charge in [-0.05, 0) is 46.1 Å². The lowest BCUT2D eigenvalue weighted by atomic mass is 10.1. The van der Waals surface area contributed by atoms with Gasteiger partial charge < -0.3 is 24.4 Å². The Morgan fingerprint density at radius 1 is 1.15 bits per heavy atom. The van der Waals surface area contributed by atoms with E-state index >= 15 is 0 Å². The molecule has 4 heterocycles. The van der Waals surface area contributed by atoms with Gasteiger partial charge in [0.15, 0.2) is 24.8 Å². The molecule has 2 aromatic heterocycles. The minimum absolute atomic E-state index is 0.0805. The molecule has 0 aromatic carbocycles. The maximum absolute atomic E-state index is 13.7. The monoisotopic (exact) mass is 580 g/mol. The van der Waals surface area contributed by atoms with Gasteiger partial charge in [0.1, 0.15) is 0 Å². The lowest BCUT2D eigenvalue weighted by Crippen LogP contribution is -2.51. The van der Waals surface area contributed by atoms with Crippen LogP contribution in [0.3, 0.4) is 0 Å². The first kappa shape index (κ1) is 30.9. The van der Waals surface area contributed by atoms with Gasteiger partial charge in [-0.1, -0.05) is 13.8 Å². The summed E-state index contributed by atoms with van der Waals surface area (Å²) in [6.07, 6.45) is -2.81. The number of nitrogens with one attached hydrogen (secondary N) is 1. The number of hydrogen-bond acceptors (Lipinski definition) is 9. The first-order chi connectivity index (χ1) is 19.2. The minimum atomic E-state index is -4.63. The SMILES string of the molecule is Cc1c(-c2ccc(OCC(=O)N3CCN(C4OC4OC(C)(C)C)CC3)nc2)nc(NCCC(C)C)nc1C(F)(F)F. The fraction of sp³-hybridized carbons (Fsp3) is 0.643. The summed E-state index contributed by atoms with van der Waals surface area (Å²) in [5, 5.41) is 2.90. The van der Waals surface area contributed by atoms with Crippen LogP contribution in [-0.2, 0) is 20.4 Å². The van der Waals surface area contributed by atoms with Crippen LogP contribution in [-0.4, -0.2) is 88.1 Å². The van der Waals surface area contributed by atoms with E-state index in [0.717, 1.165) is 6.42 Å². The van der Waals surface area contributed by atoms with E-state index in [-0.39, 0.29) is 53.7 Å². The number of pyridine rings is 1. The van der Waals surface area contributed by atoms with E-state index in [2.05, 4.69) is 25.2 Å². The van der Waals surface area contributed by atoms with Crippen LogP contribution in [0.1, 0.15) is 52.3 Å². The average Bonchev–Trinajstić information content (AvgIpc) is 3.65. The van der Waals surface area contributed by atoms with Crippen LogP contribution in [0.2, 0.25) is 0 Å². The molecule has 2 aliphatic heterocycles. The number of hydrogen-bond donors (Lipinski definition) is 1. The fourth-order valence-corrected chi connectivity index (χ4v) is 4.47. The topological polar surface area (TPSA) is 105 Å². The highest BCUT2D eigenvalue weighted by Gasteiger charge is 2.47. The van der Waals surface area contributed by atoms with Crippen LogP contribution in [0, 0.1) is 12.8 Å². The summed E-state index contributed by atoms with van der Waals surface area (Å²) in [4.78, 5) is 28.9. The second-order valence-electron chi connectivity index (χ2n) is 11.7. The van der Waals surface area contributed by atoms with Gasteiger partial charge >= 0.3 is 6.18 Å². The molecule has 1 amide bonds. The molecule has 2 aliphatic rings. The van der Waals surface area contributed by atoms with Crippen LogP contribution < -0.4 is 10.1 Å². The van der Waals surface area contributed by atoms with Crippen molar-refractivity contribution in [1.29, 1.82) is 0 Å². The van der Waals surface area contributed by atoms with Crippen LogP contribution in [0.25, 0.3) is 11.3 Å². The number of rotatable bonds is 10. The van der Waals surface area contributed by atoms with E-state index < -0.39 is 11.9 Å². The first-order valence-corrected chi connectivity index (χ1v) is 13.9. The highest BCUT2D eigenvalue weighted by Crippen LogP contribution is 2.35. The lowest BCUT2D eigenvalue weighted by molar-refractivity contribution is -0.141. The summed E-state index contributed by atoms with van der Waals surface area (Å²) < 4.78 is 58.2. The number of ether oxygens (including phenoxy) is 3. The van der Waals surface area contributed by atoms with Crippen molar-refractivity contribution in [3.8, 4) is 17.1 Å². The van der Waals surface area contributed by atoms with Gasteiger partial charge in [-0.25, -0.2) is 15.0 Å². The van der Waals surface area contributed by atoms with Crippen molar-refractivity contribution in [1.82, 2.24) is 24.8 Å². The number of alkyl halides is 3. The number of aromatic nitrogens is 3. The van der Waals surface area contributed by atoms with Gasteiger partial charge in [0.2, 0.25) is 11.8 Å². The van der Waals surface area contributed by atoms with Gasteiger partial charge in [0.25, 0.3) is 5.91 Å². The summed E-state index contributed by atoms with van der Waals surface area (Å²) >= 11 is 0. The zero-order valence-corrected chi connectivity index (χ0v) is 24.4. The van der Waals surface area contributed by atoms with Crippen molar-refractivity contribution in [3.63, 3.8) is 0 Å². The molecule has 2 aromatic rings. The number of nitrogens with zero attached hydrogens (tertiary/aromatic N) is 5. The third kappa shape index (κ3) is 8.49. The smallest absolute Gasteiger partial charge is 0.433 e. The molecule has 0 bridgehead atoms. The van der Waals surface area contributed by atoms with Crippen LogP contribution in [0.4, 0.5) is 19.1 Å². The Morgan fingerprint density at radius 2 is 1.85 bits per heavy atom. The van der Waals surface area contributed by atoms with E-state index in [1.165, 1.54) is 19.2 Å². The second kappa shape index (κ2) is 12.5. The summed E-state index contributed by atoms with van der Waals surface area (Å²) in [6, 6.07) is 3.09. The molecule has 226 valence electrons. The van der Waals surface area contributed by atoms with E-state index in [9.17, 15) is 18.0 Å². The highest BCUT2D eigenvalue weighted by molar-refractivity contribution is 5.77. The predicted octanol–water partition coefficient (Wildman–Crippen LogP) is 4.34. The molecule has 2 atom stereocenters. The van der Waals surface area contributed by atoms with Gasteiger partial charge in [-0.3, -0.25) is 9.69 Å². The van der Waals surface area contributed by atoms with Gasteiger partial charge in [0.05, 0.1) is 11.3 Å². The largest absolute Gasteiger partial charge is 0.468 e. The van der Waals surface area contributed by atoms with E-state index in [4.69, 9.17) is 14.2 Å². The van der Waals surface area contributed by atoms with Crippen molar-refractivity contribution in [2.45, 2.75) is 72.3 Å². The molecular formula is C28H39F3N6O4. The molecule has 4 rings (SSSR count). The summed E-state index contributed by atoms with van der Waals surface area (Å²) in [6.45, 7) is 14.0. The summed E-state index contributed by atoms with van der Waals surface area (Å²) in [7, 11) is 0. The van der Waals surface area contributed by atoms with Gasteiger partial charge in [-0.15, -0.1) is 0 Å². The lowest BCUT2D eigenvalue weighted by Gasteiger charge is -2.33.